The molecule has 3 N–H and O–H groups in total. The number of fused-ring (bicyclic) bond motifs is 1. The highest BCUT2D eigenvalue weighted by Gasteiger charge is 2.51. The number of allylic oxidation sites excluding steroid dienone is 1. The van der Waals surface area contributed by atoms with Crippen LogP contribution < -0.4 is 11.1 Å². The van der Waals surface area contributed by atoms with Gasteiger partial charge in [-0.25, -0.2) is 4.98 Å². The Morgan fingerprint density at radius 2 is 2.36 bits per heavy atom. The number of thiazole rings is 1. The first-order valence-corrected chi connectivity index (χ1v) is 9.67. The SMILES string of the molecule is CCC1=C(C)N2C(=O)C(NC(=O)/C(=N\OC)c3csc(N)n3)C2SC1. The number of nitrogens with one attached hydrogen (secondary N) is 1. The van der Waals surface area contributed by atoms with E-state index in [4.69, 9.17) is 10.6 Å². The van der Waals surface area contributed by atoms with Crippen molar-refractivity contribution in [3.8, 4) is 0 Å². The van der Waals surface area contributed by atoms with Gasteiger partial charge in [-0.3, -0.25) is 14.5 Å². The van der Waals surface area contributed by atoms with Gasteiger partial charge in [0.1, 0.15) is 24.2 Å². The van der Waals surface area contributed by atoms with Crippen molar-refractivity contribution < 1.29 is 14.4 Å². The number of hydrogen-bond acceptors (Lipinski definition) is 8. The smallest absolute Gasteiger partial charge is 0.276 e. The minimum atomic E-state index is -0.580. The van der Waals surface area contributed by atoms with E-state index in [1.165, 1.54) is 24.0 Å². The Morgan fingerprint density at radius 1 is 1.60 bits per heavy atom. The Hall–Kier alpha value is -2.07. The first-order chi connectivity index (χ1) is 12.0. The van der Waals surface area contributed by atoms with Crippen LogP contribution in [0.25, 0.3) is 0 Å². The predicted molar refractivity (Wildman–Crippen MR) is 98.1 cm³/mol. The molecule has 8 nitrogen and oxygen atoms in total. The lowest BCUT2D eigenvalue weighted by molar-refractivity contribution is -0.145. The van der Waals surface area contributed by atoms with E-state index in [0.717, 1.165) is 17.9 Å². The second-order valence-corrected chi connectivity index (χ2v) is 7.59. The lowest BCUT2D eigenvalue weighted by Crippen LogP contribution is -2.70. The highest BCUT2D eigenvalue weighted by Crippen LogP contribution is 2.40. The molecule has 1 aromatic heterocycles. The molecule has 2 aliphatic rings. The summed E-state index contributed by atoms with van der Waals surface area (Å²) >= 11 is 2.86. The van der Waals surface area contributed by atoms with Gasteiger partial charge in [-0.05, 0) is 18.9 Å². The highest BCUT2D eigenvalue weighted by atomic mass is 32.2. The fourth-order valence-corrected chi connectivity index (χ4v) is 4.97. The predicted octanol–water partition coefficient (Wildman–Crippen LogP) is 1.16. The van der Waals surface area contributed by atoms with Gasteiger partial charge in [-0.1, -0.05) is 12.1 Å². The largest absolute Gasteiger partial charge is 0.398 e. The normalized spacial score (nSPS) is 23.2. The van der Waals surface area contributed by atoms with Crippen molar-refractivity contribution in [2.45, 2.75) is 31.7 Å². The van der Waals surface area contributed by atoms with E-state index in [9.17, 15) is 9.59 Å². The summed E-state index contributed by atoms with van der Waals surface area (Å²) in [5.74, 6) is 0.252. The molecular weight excluding hydrogens is 362 g/mol. The number of β-lactam (4-membered cyclic amide) rings is 1. The average molecular weight is 381 g/mol. The molecular formula is C15H19N5O3S2. The molecule has 2 unspecified atom stereocenters. The van der Waals surface area contributed by atoms with E-state index in [-0.39, 0.29) is 17.0 Å². The molecule has 0 saturated carbocycles. The number of thioether (sulfide) groups is 1. The number of nitrogens with zero attached hydrogens (tertiary/aromatic N) is 3. The zero-order valence-corrected chi connectivity index (χ0v) is 15.7. The molecule has 0 radical (unpaired) electrons. The lowest BCUT2D eigenvalue weighted by atomic mass is 10.0. The summed E-state index contributed by atoms with van der Waals surface area (Å²) in [6.45, 7) is 4.04. The van der Waals surface area contributed by atoms with Crippen molar-refractivity contribution >= 4 is 45.8 Å². The van der Waals surface area contributed by atoms with E-state index in [2.05, 4.69) is 22.4 Å². The quantitative estimate of drug-likeness (QED) is 0.450. The van der Waals surface area contributed by atoms with Crippen LogP contribution in [0.3, 0.4) is 0 Å². The van der Waals surface area contributed by atoms with Crippen LogP contribution >= 0.6 is 23.1 Å². The van der Waals surface area contributed by atoms with Gasteiger partial charge >= 0.3 is 0 Å². The number of aromatic nitrogens is 1. The van der Waals surface area contributed by atoms with E-state index in [1.54, 1.807) is 22.0 Å². The number of rotatable bonds is 5. The number of amides is 2. The number of nitrogens with two attached hydrogens (primary N) is 1. The summed E-state index contributed by atoms with van der Waals surface area (Å²) in [6.07, 6.45) is 0.919. The van der Waals surface area contributed by atoms with Gasteiger partial charge < -0.3 is 15.9 Å². The molecule has 0 aromatic carbocycles. The molecule has 1 aromatic rings. The van der Waals surface area contributed by atoms with Crippen LogP contribution in [0.1, 0.15) is 26.0 Å². The number of nitrogen functional groups attached to an aromatic ring is 1. The Morgan fingerprint density at radius 3 is 2.96 bits per heavy atom. The van der Waals surface area contributed by atoms with Gasteiger partial charge in [-0.2, -0.15) is 0 Å². The monoisotopic (exact) mass is 381 g/mol. The maximum absolute atomic E-state index is 12.6. The van der Waals surface area contributed by atoms with Crippen LogP contribution in [0.5, 0.6) is 0 Å². The second-order valence-electron chi connectivity index (χ2n) is 5.60. The van der Waals surface area contributed by atoms with Crippen LogP contribution in [0.2, 0.25) is 0 Å². The maximum Gasteiger partial charge on any atom is 0.276 e. The minimum Gasteiger partial charge on any atom is -0.398 e. The highest BCUT2D eigenvalue weighted by molar-refractivity contribution is 8.00. The molecule has 3 rings (SSSR count). The second kappa shape index (κ2) is 7.04. The van der Waals surface area contributed by atoms with Gasteiger partial charge in [0.25, 0.3) is 11.8 Å². The molecule has 2 aliphatic heterocycles. The fraction of sp³-hybridized carbons (Fsp3) is 0.467. The van der Waals surface area contributed by atoms with E-state index in [0.29, 0.717) is 10.8 Å². The Labute approximate surface area is 153 Å². The van der Waals surface area contributed by atoms with Crippen LogP contribution in [0.4, 0.5) is 5.13 Å². The number of hydrogen-bond donors (Lipinski definition) is 2. The van der Waals surface area contributed by atoms with Crippen LogP contribution in [0.15, 0.2) is 21.8 Å². The molecule has 0 bridgehead atoms. The van der Waals surface area contributed by atoms with Gasteiger partial charge in [0.2, 0.25) is 0 Å². The summed E-state index contributed by atoms with van der Waals surface area (Å²) in [6, 6.07) is -0.580. The van der Waals surface area contributed by atoms with Crippen molar-refractivity contribution in [1.82, 2.24) is 15.2 Å². The molecule has 1 saturated heterocycles. The third-order valence-corrected chi connectivity index (χ3v) is 6.23. The number of carbonyl (C=O) groups excluding carboxylic acids is 2. The van der Waals surface area contributed by atoms with E-state index >= 15 is 0 Å². The molecule has 10 heteroatoms. The topological polar surface area (TPSA) is 110 Å². The molecule has 0 aliphatic carbocycles. The molecule has 0 spiro atoms. The molecule has 1 fully saturated rings. The van der Waals surface area contributed by atoms with E-state index < -0.39 is 11.9 Å². The van der Waals surface area contributed by atoms with Gasteiger partial charge in [0.15, 0.2) is 10.8 Å². The lowest BCUT2D eigenvalue weighted by Gasteiger charge is -2.50. The molecule has 2 atom stereocenters. The average Bonchev–Trinajstić information content (AvgIpc) is 3.02. The molecule has 2 amide bonds. The van der Waals surface area contributed by atoms with Crippen molar-refractivity contribution in [2.24, 2.45) is 5.16 Å². The van der Waals surface area contributed by atoms with Crippen molar-refractivity contribution in [2.75, 3.05) is 18.6 Å². The summed E-state index contributed by atoms with van der Waals surface area (Å²) in [5, 5.41) is 8.35. The first-order valence-electron chi connectivity index (χ1n) is 7.74. The van der Waals surface area contributed by atoms with Gasteiger partial charge in [0.05, 0.1) is 0 Å². The third kappa shape index (κ3) is 3.11. The fourth-order valence-electron chi connectivity index (χ4n) is 2.84. The molecule has 3 heterocycles. The summed E-state index contributed by atoms with van der Waals surface area (Å²) in [7, 11) is 1.34. The van der Waals surface area contributed by atoms with Gasteiger partial charge in [-0.15, -0.1) is 23.1 Å². The van der Waals surface area contributed by atoms with Crippen molar-refractivity contribution in [3.63, 3.8) is 0 Å². The van der Waals surface area contributed by atoms with Crippen LogP contribution in [0, 0.1) is 0 Å². The Kier molecular flexibility index (Phi) is 5.00. The number of carbonyl (C=O) groups is 2. The summed E-state index contributed by atoms with van der Waals surface area (Å²) < 4.78 is 0. The summed E-state index contributed by atoms with van der Waals surface area (Å²) in [4.78, 5) is 35.6. The van der Waals surface area contributed by atoms with Crippen LogP contribution in [-0.2, 0) is 14.4 Å². The zero-order chi connectivity index (χ0) is 18.1. The summed E-state index contributed by atoms with van der Waals surface area (Å²) in [5.41, 5.74) is 8.20. The van der Waals surface area contributed by atoms with Crippen molar-refractivity contribution in [1.29, 1.82) is 0 Å². The Bertz CT molecular complexity index is 773. The molecule has 25 heavy (non-hydrogen) atoms. The third-order valence-electron chi connectivity index (χ3n) is 4.22. The minimum absolute atomic E-state index is 0.00372. The van der Waals surface area contributed by atoms with E-state index in [1.807, 2.05) is 6.92 Å². The zero-order valence-electron chi connectivity index (χ0n) is 14.1. The number of anilines is 1. The Balaban J connectivity index is 1.75. The standard InChI is InChI=1S/C15H19N5O3S2/c1-4-8-5-24-14-11(13(22)20(14)7(8)2)18-12(21)10(19-23-3)9-6-25-15(16)17-9/h6,11,14H,4-5H2,1-3H3,(H2,16,17)(H,18,21)/b19-10-. The van der Waals surface area contributed by atoms with Gasteiger partial charge in [0, 0.05) is 16.8 Å². The molecule has 134 valence electrons. The maximum atomic E-state index is 12.6. The van der Waals surface area contributed by atoms with Crippen molar-refractivity contribution in [3.05, 3.63) is 22.3 Å². The van der Waals surface area contributed by atoms with Crippen LogP contribution in [-0.4, -0.2) is 51.7 Å². The number of oxime groups is 1. The first kappa shape index (κ1) is 17.7.